The Morgan fingerprint density at radius 2 is 1.84 bits per heavy atom. The fraction of sp³-hybridized carbons (Fsp3) is 0.167. The smallest absolute Gasteiger partial charge is 0.275 e. The van der Waals surface area contributed by atoms with Gasteiger partial charge in [0.1, 0.15) is 5.75 Å². The number of methoxy groups -OCH3 is 1. The molecule has 0 radical (unpaired) electrons. The molecule has 25 heavy (non-hydrogen) atoms. The fourth-order valence-electron chi connectivity index (χ4n) is 2.36. The number of carbonyl (C=O) groups excluding carboxylic acids is 1. The number of ether oxygens (including phenoxy) is 1. The van der Waals surface area contributed by atoms with Crippen molar-refractivity contribution in [3.05, 3.63) is 71.4 Å². The predicted molar refractivity (Wildman–Crippen MR) is 94.1 cm³/mol. The molecule has 0 saturated heterocycles. The van der Waals surface area contributed by atoms with Gasteiger partial charge in [-0.1, -0.05) is 47.7 Å². The lowest BCUT2D eigenvalue weighted by Gasteiger charge is -2.06. The van der Waals surface area contributed by atoms with E-state index in [0.717, 1.165) is 16.9 Å². The van der Waals surface area contributed by atoms with Crippen LogP contribution in [0.1, 0.15) is 21.6 Å². The van der Waals surface area contributed by atoms with Crippen LogP contribution in [0.2, 0.25) is 0 Å². The summed E-state index contributed by atoms with van der Waals surface area (Å²) >= 11 is 0. The topological polar surface area (TPSA) is 95.1 Å². The minimum Gasteiger partial charge on any atom is -0.497 e. The second-order valence-electron chi connectivity index (χ2n) is 5.50. The molecule has 7 heteroatoms. The average molecular weight is 337 g/mol. The minimum atomic E-state index is -0.354. The van der Waals surface area contributed by atoms with Crippen LogP contribution in [0, 0.1) is 0 Å². The van der Waals surface area contributed by atoms with Crippen LogP contribution in [0.5, 0.6) is 5.75 Å². The summed E-state index contributed by atoms with van der Waals surface area (Å²) in [6.07, 6.45) is 0. The van der Waals surface area contributed by atoms with Crippen LogP contribution in [-0.4, -0.2) is 28.0 Å². The third-order valence-electron chi connectivity index (χ3n) is 3.78. The lowest BCUT2D eigenvalue weighted by Crippen LogP contribution is -2.24. The molecule has 0 atom stereocenters. The monoisotopic (exact) mass is 337 g/mol. The molecule has 1 amide bonds. The number of nitrogens with two attached hydrogens (primary N) is 1. The Labute approximate surface area is 145 Å². The van der Waals surface area contributed by atoms with Crippen molar-refractivity contribution in [3.63, 3.8) is 0 Å². The van der Waals surface area contributed by atoms with E-state index in [1.54, 1.807) is 7.11 Å². The van der Waals surface area contributed by atoms with Crippen LogP contribution in [0.4, 0.5) is 5.82 Å². The minimum absolute atomic E-state index is 0.129. The molecular formula is C18H19N5O2. The molecule has 7 nitrogen and oxygen atoms in total. The summed E-state index contributed by atoms with van der Waals surface area (Å²) in [7, 11) is 1.61. The van der Waals surface area contributed by atoms with Crippen LogP contribution in [0.25, 0.3) is 0 Å². The maximum Gasteiger partial charge on any atom is 0.275 e. The third-order valence-corrected chi connectivity index (χ3v) is 3.78. The van der Waals surface area contributed by atoms with Gasteiger partial charge in [0.2, 0.25) is 0 Å². The number of carbonyl (C=O) groups is 1. The summed E-state index contributed by atoms with van der Waals surface area (Å²) in [6, 6.07) is 17.2. The molecule has 1 heterocycles. The first-order chi connectivity index (χ1) is 12.2. The number of rotatable bonds is 6. The number of hydrogen-bond donors (Lipinski definition) is 2. The van der Waals surface area contributed by atoms with Gasteiger partial charge in [0.15, 0.2) is 11.5 Å². The van der Waals surface area contributed by atoms with E-state index in [4.69, 9.17) is 10.5 Å². The third kappa shape index (κ3) is 3.95. The molecule has 2 aromatic carbocycles. The molecule has 0 bridgehead atoms. The van der Waals surface area contributed by atoms with E-state index in [1.807, 2.05) is 54.6 Å². The molecule has 0 aliphatic heterocycles. The first-order valence-electron chi connectivity index (χ1n) is 7.81. The highest BCUT2D eigenvalue weighted by Crippen LogP contribution is 2.13. The van der Waals surface area contributed by atoms with Crippen molar-refractivity contribution >= 4 is 11.7 Å². The summed E-state index contributed by atoms with van der Waals surface area (Å²) in [4.78, 5) is 12.3. The van der Waals surface area contributed by atoms with E-state index in [9.17, 15) is 4.79 Å². The molecule has 128 valence electrons. The van der Waals surface area contributed by atoms with Crippen molar-refractivity contribution in [2.24, 2.45) is 0 Å². The Balaban J connectivity index is 1.64. The highest BCUT2D eigenvalue weighted by molar-refractivity contribution is 5.96. The largest absolute Gasteiger partial charge is 0.497 e. The summed E-state index contributed by atoms with van der Waals surface area (Å²) in [5.41, 5.74) is 8.13. The Hall–Kier alpha value is -3.35. The number of nitrogen functional groups attached to an aromatic ring is 1. The van der Waals surface area contributed by atoms with Crippen molar-refractivity contribution in [3.8, 4) is 5.75 Å². The van der Waals surface area contributed by atoms with E-state index in [0.29, 0.717) is 13.1 Å². The van der Waals surface area contributed by atoms with Crippen LogP contribution < -0.4 is 15.8 Å². The molecule has 0 fully saturated rings. The molecule has 1 aromatic heterocycles. The Kier molecular flexibility index (Phi) is 4.94. The van der Waals surface area contributed by atoms with Gasteiger partial charge in [-0.15, -0.1) is 5.10 Å². The molecule has 3 aromatic rings. The molecule has 0 saturated carbocycles. The Bertz CT molecular complexity index is 844. The van der Waals surface area contributed by atoms with Gasteiger partial charge in [0, 0.05) is 6.54 Å². The number of nitrogens with zero attached hydrogens (tertiary/aromatic N) is 3. The van der Waals surface area contributed by atoms with Crippen LogP contribution in [0.3, 0.4) is 0 Å². The van der Waals surface area contributed by atoms with Gasteiger partial charge < -0.3 is 15.8 Å². The lowest BCUT2D eigenvalue weighted by atomic mass is 10.2. The second-order valence-corrected chi connectivity index (χ2v) is 5.50. The molecular weight excluding hydrogens is 318 g/mol. The van der Waals surface area contributed by atoms with Crippen molar-refractivity contribution in [1.82, 2.24) is 20.3 Å². The maximum atomic E-state index is 12.3. The maximum absolute atomic E-state index is 12.3. The van der Waals surface area contributed by atoms with Gasteiger partial charge in [-0.2, -0.15) is 0 Å². The first-order valence-corrected chi connectivity index (χ1v) is 7.81. The summed E-state index contributed by atoms with van der Waals surface area (Å²) in [5.74, 6) is 0.659. The van der Waals surface area contributed by atoms with Crippen molar-refractivity contribution in [1.29, 1.82) is 0 Å². The predicted octanol–water partition coefficient (Wildman–Crippen LogP) is 1.85. The van der Waals surface area contributed by atoms with Gasteiger partial charge in [0.05, 0.1) is 13.7 Å². The molecule has 3 rings (SSSR count). The van der Waals surface area contributed by atoms with Gasteiger partial charge in [0.25, 0.3) is 5.91 Å². The fourth-order valence-corrected chi connectivity index (χ4v) is 2.36. The number of hydrogen-bond acceptors (Lipinski definition) is 5. The number of anilines is 1. The van der Waals surface area contributed by atoms with Gasteiger partial charge in [-0.05, 0) is 23.3 Å². The second kappa shape index (κ2) is 7.48. The standard InChI is InChI=1S/C18H19N5O2/c1-25-15-9-7-13(8-10-15)11-20-18(24)16-17(19)23(22-21-16)12-14-5-3-2-4-6-14/h2-10H,11-12,19H2,1H3,(H,20,24). The summed E-state index contributed by atoms with van der Waals surface area (Å²) in [6.45, 7) is 0.833. The molecule has 0 aliphatic rings. The average Bonchev–Trinajstić information content (AvgIpc) is 3.01. The number of amides is 1. The summed E-state index contributed by atoms with van der Waals surface area (Å²) in [5, 5.41) is 10.7. The van der Waals surface area contributed by atoms with E-state index in [1.165, 1.54) is 4.68 Å². The van der Waals surface area contributed by atoms with Crippen LogP contribution >= 0.6 is 0 Å². The van der Waals surface area contributed by atoms with E-state index in [2.05, 4.69) is 15.6 Å². The van der Waals surface area contributed by atoms with Gasteiger partial charge in [-0.3, -0.25) is 4.79 Å². The summed E-state index contributed by atoms with van der Waals surface area (Å²) < 4.78 is 6.62. The van der Waals surface area contributed by atoms with E-state index in [-0.39, 0.29) is 17.4 Å². The van der Waals surface area contributed by atoms with E-state index < -0.39 is 0 Å². The van der Waals surface area contributed by atoms with Crippen molar-refractivity contribution in [2.75, 3.05) is 12.8 Å². The highest BCUT2D eigenvalue weighted by Gasteiger charge is 2.17. The number of aromatic nitrogens is 3. The molecule has 3 N–H and O–H groups in total. The number of benzene rings is 2. The van der Waals surface area contributed by atoms with Gasteiger partial charge >= 0.3 is 0 Å². The Morgan fingerprint density at radius 1 is 1.12 bits per heavy atom. The number of nitrogens with one attached hydrogen (secondary N) is 1. The van der Waals surface area contributed by atoms with Crippen LogP contribution in [0.15, 0.2) is 54.6 Å². The first kappa shape index (κ1) is 16.5. The normalized spacial score (nSPS) is 10.4. The Morgan fingerprint density at radius 3 is 2.52 bits per heavy atom. The molecule has 0 unspecified atom stereocenters. The van der Waals surface area contributed by atoms with Crippen molar-refractivity contribution < 1.29 is 9.53 Å². The zero-order valence-electron chi connectivity index (χ0n) is 13.8. The van der Waals surface area contributed by atoms with Crippen LogP contribution in [-0.2, 0) is 13.1 Å². The molecule has 0 spiro atoms. The van der Waals surface area contributed by atoms with E-state index >= 15 is 0 Å². The zero-order valence-corrected chi connectivity index (χ0v) is 13.8. The lowest BCUT2D eigenvalue weighted by molar-refractivity contribution is 0.0946. The zero-order chi connectivity index (χ0) is 17.6. The highest BCUT2D eigenvalue weighted by atomic mass is 16.5. The SMILES string of the molecule is COc1ccc(CNC(=O)c2nnn(Cc3ccccc3)c2N)cc1. The van der Waals surface area contributed by atoms with Gasteiger partial charge in [-0.25, -0.2) is 4.68 Å². The quantitative estimate of drug-likeness (QED) is 0.716. The van der Waals surface area contributed by atoms with Crippen molar-refractivity contribution in [2.45, 2.75) is 13.1 Å². The molecule has 0 aliphatic carbocycles.